The molecule has 0 fully saturated rings. The average molecular weight is 315 g/mol. The molecule has 0 radical (unpaired) electrons. The van der Waals surface area contributed by atoms with Gasteiger partial charge >= 0.3 is 0 Å². The van der Waals surface area contributed by atoms with Crippen molar-refractivity contribution in [2.75, 3.05) is 13.2 Å². The topological polar surface area (TPSA) is 18.5 Å². The maximum atomic E-state index is 5.55. The molecule has 0 aliphatic heterocycles. The number of unbranched alkanes of at least 4 members (excludes halogenated alkanes) is 6. The van der Waals surface area contributed by atoms with Crippen molar-refractivity contribution in [1.29, 1.82) is 0 Å². The zero-order chi connectivity index (χ0) is 16.0. The van der Waals surface area contributed by atoms with Gasteiger partial charge in [0.05, 0.1) is 0 Å². The third-order valence-electron chi connectivity index (χ3n) is 3.42. The number of ether oxygens (including phenoxy) is 2. The van der Waals surface area contributed by atoms with Crippen LogP contribution in [0.25, 0.3) is 0 Å². The smallest absolute Gasteiger partial charge is 0.154 e. The first-order chi connectivity index (χ1) is 9.95. The molecule has 126 valence electrons. The first kappa shape index (κ1) is 20.9. The highest BCUT2D eigenvalue weighted by Crippen LogP contribution is 2.11. The zero-order valence-electron chi connectivity index (χ0n) is 15.1. The Morgan fingerprint density at radius 3 is 2.10 bits per heavy atom. The lowest BCUT2D eigenvalue weighted by Crippen LogP contribution is -2.17. The van der Waals surface area contributed by atoms with E-state index < -0.39 is 8.07 Å². The molecule has 2 nitrogen and oxygen atoms in total. The fourth-order valence-corrected chi connectivity index (χ4v) is 3.03. The highest BCUT2D eigenvalue weighted by Gasteiger charge is 2.08. The van der Waals surface area contributed by atoms with E-state index in [1.54, 1.807) is 0 Å². The molecule has 0 aromatic rings. The molecule has 0 heterocycles. The Kier molecular flexibility index (Phi) is 13.5. The summed E-state index contributed by atoms with van der Waals surface area (Å²) in [6.45, 7) is 12.8. The molecule has 0 spiro atoms. The Labute approximate surface area is 134 Å². The van der Waals surface area contributed by atoms with Gasteiger partial charge in [0.15, 0.2) is 6.29 Å². The van der Waals surface area contributed by atoms with E-state index in [0.29, 0.717) is 0 Å². The summed E-state index contributed by atoms with van der Waals surface area (Å²) in [5.74, 6) is 0. The van der Waals surface area contributed by atoms with Crippen molar-refractivity contribution in [2.45, 2.75) is 90.8 Å². The largest absolute Gasteiger partial charge is 0.353 e. The molecular weight excluding hydrogens is 276 g/mol. The third kappa shape index (κ3) is 17.8. The minimum absolute atomic E-state index is 0.0436. The fraction of sp³-hybridized carbons (Fsp3) is 0.889. The minimum Gasteiger partial charge on any atom is -0.353 e. The Morgan fingerprint density at radius 1 is 0.857 bits per heavy atom. The van der Waals surface area contributed by atoms with Crippen LogP contribution in [-0.2, 0) is 9.47 Å². The molecule has 1 unspecified atom stereocenters. The van der Waals surface area contributed by atoms with Crippen LogP contribution in [-0.4, -0.2) is 27.6 Å². The molecular formula is C18H38O2Si. The van der Waals surface area contributed by atoms with Crippen LogP contribution < -0.4 is 0 Å². The van der Waals surface area contributed by atoms with Crippen molar-refractivity contribution in [3.05, 3.63) is 12.2 Å². The summed E-state index contributed by atoms with van der Waals surface area (Å²) < 4.78 is 10.9. The fourth-order valence-electron chi connectivity index (χ4n) is 2.16. The first-order valence-electron chi connectivity index (χ1n) is 8.84. The van der Waals surface area contributed by atoms with Crippen molar-refractivity contribution < 1.29 is 9.47 Å². The van der Waals surface area contributed by atoms with E-state index in [0.717, 1.165) is 19.6 Å². The second-order valence-corrected chi connectivity index (χ2v) is 12.6. The van der Waals surface area contributed by atoms with Crippen molar-refractivity contribution >= 4 is 8.07 Å². The van der Waals surface area contributed by atoms with Gasteiger partial charge in [0.25, 0.3) is 0 Å². The van der Waals surface area contributed by atoms with Crippen LogP contribution in [0.2, 0.25) is 25.7 Å². The highest BCUT2D eigenvalue weighted by atomic mass is 28.3. The van der Waals surface area contributed by atoms with E-state index in [4.69, 9.17) is 9.47 Å². The number of hydrogen-bond acceptors (Lipinski definition) is 2. The van der Waals surface area contributed by atoms with Gasteiger partial charge < -0.3 is 9.47 Å². The van der Waals surface area contributed by atoms with Gasteiger partial charge in [-0.05, 0) is 39.2 Å². The molecule has 0 saturated heterocycles. The summed E-state index contributed by atoms with van der Waals surface area (Å²) in [5, 5.41) is 0. The van der Waals surface area contributed by atoms with Gasteiger partial charge in [0, 0.05) is 21.3 Å². The molecule has 0 saturated carbocycles. The van der Waals surface area contributed by atoms with Gasteiger partial charge in [-0.3, -0.25) is 0 Å². The van der Waals surface area contributed by atoms with Crippen LogP contribution >= 0.6 is 0 Å². The molecule has 0 aromatic heterocycles. The Balaban J connectivity index is 3.19. The summed E-state index contributed by atoms with van der Waals surface area (Å²) in [7, 11) is -0.872. The summed E-state index contributed by atoms with van der Waals surface area (Å²) in [6.07, 6.45) is 13.9. The Bertz CT molecular complexity index is 246. The van der Waals surface area contributed by atoms with E-state index in [9.17, 15) is 0 Å². The van der Waals surface area contributed by atoms with E-state index in [-0.39, 0.29) is 6.29 Å². The second-order valence-electron chi connectivity index (χ2n) is 7.04. The summed E-state index contributed by atoms with van der Waals surface area (Å²) in [6, 6.07) is 1.33. The van der Waals surface area contributed by atoms with Gasteiger partial charge in [-0.1, -0.05) is 57.5 Å². The normalized spacial score (nSPS) is 14.0. The van der Waals surface area contributed by atoms with Crippen LogP contribution in [0.4, 0.5) is 0 Å². The number of rotatable bonds is 14. The van der Waals surface area contributed by atoms with Crippen molar-refractivity contribution in [3.63, 3.8) is 0 Å². The zero-order valence-corrected chi connectivity index (χ0v) is 16.1. The average Bonchev–Trinajstić information content (AvgIpc) is 2.39. The van der Waals surface area contributed by atoms with E-state index in [1.807, 2.05) is 13.8 Å². The Hall–Kier alpha value is -0.123. The molecule has 21 heavy (non-hydrogen) atoms. The maximum Gasteiger partial charge on any atom is 0.154 e. The van der Waals surface area contributed by atoms with Crippen molar-refractivity contribution in [3.8, 4) is 0 Å². The standard InChI is InChI=1S/C18H38O2Si/c1-6-19-18(2)20-16-14-12-10-8-7-9-11-13-15-17-21(3,4)5/h13,15,18H,6-12,14,16-17H2,1-5H3/b15-13-. The molecule has 0 aromatic carbocycles. The van der Waals surface area contributed by atoms with E-state index >= 15 is 0 Å². The van der Waals surface area contributed by atoms with Gasteiger partial charge in [-0.15, -0.1) is 0 Å². The van der Waals surface area contributed by atoms with Gasteiger partial charge in [0.2, 0.25) is 0 Å². The molecule has 0 N–H and O–H groups in total. The number of allylic oxidation sites excluding steroid dienone is 2. The SMILES string of the molecule is CCOC(C)OCCCCCCCC/C=C\C[Si](C)(C)C. The molecule has 0 rings (SSSR count). The molecule has 1 atom stereocenters. The van der Waals surface area contributed by atoms with Gasteiger partial charge in [-0.25, -0.2) is 0 Å². The molecule has 0 bridgehead atoms. The lowest BCUT2D eigenvalue weighted by molar-refractivity contribution is -0.127. The molecule has 0 aliphatic rings. The first-order valence-corrected chi connectivity index (χ1v) is 12.5. The number of hydrogen-bond donors (Lipinski definition) is 0. The van der Waals surface area contributed by atoms with Crippen molar-refractivity contribution in [1.82, 2.24) is 0 Å². The third-order valence-corrected chi connectivity index (χ3v) is 4.88. The molecule has 0 aliphatic carbocycles. The van der Waals surface area contributed by atoms with Crippen LogP contribution in [0.3, 0.4) is 0 Å². The minimum atomic E-state index is -0.872. The quantitative estimate of drug-likeness (QED) is 0.169. The summed E-state index contributed by atoms with van der Waals surface area (Å²) in [5.41, 5.74) is 0. The predicted octanol–water partition coefficient (Wildman–Crippen LogP) is 6.01. The van der Waals surface area contributed by atoms with Gasteiger partial charge in [0.1, 0.15) is 0 Å². The highest BCUT2D eigenvalue weighted by molar-refractivity contribution is 6.76. The van der Waals surface area contributed by atoms with Gasteiger partial charge in [-0.2, -0.15) is 0 Å². The second kappa shape index (κ2) is 13.5. The van der Waals surface area contributed by atoms with E-state index in [1.165, 1.54) is 44.6 Å². The summed E-state index contributed by atoms with van der Waals surface area (Å²) in [4.78, 5) is 0. The van der Waals surface area contributed by atoms with Crippen molar-refractivity contribution in [2.24, 2.45) is 0 Å². The lowest BCUT2D eigenvalue weighted by atomic mass is 10.1. The predicted molar refractivity (Wildman–Crippen MR) is 96.7 cm³/mol. The van der Waals surface area contributed by atoms with Crippen LogP contribution in [0.15, 0.2) is 12.2 Å². The van der Waals surface area contributed by atoms with E-state index in [2.05, 4.69) is 31.8 Å². The van der Waals surface area contributed by atoms with Crippen LogP contribution in [0, 0.1) is 0 Å². The Morgan fingerprint density at radius 2 is 1.48 bits per heavy atom. The summed E-state index contributed by atoms with van der Waals surface area (Å²) >= 11 is 0. The molecule has 0 amide bonds. The lowest BCUT2D eigenvalue weighted by Gasteiger charge is -2.12. The maximum absolute atomic E-state index is 5.55. The van der Waals surface area contributed by atoms with Crippen LogP contribution in [0.1, 0.15) is 58.8 Å². The molecule has 3 heteroatoms. The monoisotopic (exact) mass is 314 g/mol. The van der Waals surface area contributed by atoms with Crippen LogP contribution in [0.5, 0.6) is 0 Å².